The molecule has 1 aromatic heterocycles. The van der Waals surface area contributed by atoms with Gasteiger partial charge in [-0.3, -0.25) is 9.36 Å². The number of amides is 1. The molecule has 5 aromatic carbocycles. The van der Waals surface area contributed by atoms with Crippen molar-refractivity contribution in [3.8, 4) is 11.1 Å². The van der Waals surface area contributed by atoms with Gasteiger partial charge in [0.15, 0.2) is 6.29 Å². The van der Waals surface area contributed by atoms with Crippen LogP contribution in [0.25, 0.3) is 22.2 Å². The minimum Gasteiger partial charge on any atom is -0.392 e. The topological polar surface area (TPSA) is 109 Å². The number of carbonyl (C=O) groups excluding carboxylic acids is 1. The summed E-state index contributed by atoms with van der Waals surface area (Å²) in [5.74, 6) is -0.0283. The molecule has 0 radical (unpaired) electrons. The first-order valence-corrected chi connectivity index (χ1v) is 18.9. The predicted octanol–water partition coefficient (Wildman–Crippen LogP) is 7.55. The highest BCUT2D eigenvalue weighted by atomic mass is 16.7. The Balaban J connectivity index is 0.969. The van der Waals surface area contributed by atoms with Gasteiger partial charge in [0, 0.05) is 49.3 Å². The number of H-pyrrole nitrogens is 1. The molecule has 3 heterocycles. The van der Waals surface area contributed by atoms with Crippen LogP contribution in [0.1, 0.15) is 70.8 Å². The molecule has 2 aliphatic heterocycles. The summed E-state index contributed by atoms with van der Waals surface area (Å²) >= 11 is 0. The van der Waals surface area contributed by atoms with Crippen molar-refractivity contribution in [3.05, 3.63) is 166 Å². The van der Waals surface area contributed by atoms with E-state index in [0.717, 1.165) is 76.9 Å². The third-order valence-electron chi connectivity index (χ3n) is 11.0. The molecule has 276 valence electrons. The van der Waals surface area contributed by atoms with Gasteiger partial charge in [0.1, 0.15) is 0 Å². The number of fused-ring (bicyclic) bond motifs is 1. The first-order chi connectivity index (χ1) is 26.4. The van der Waals surface area contributed by atoms with Crippen LogP contribution < -0.4 is 11.0 Å². The summed E-state index contributed by atoms with van der Waals surface area (Å²) in [7, 11) is 0. The molecule has 4 unspecified atom stereocenters. The molecule has 9 heteroatoms. The average molecular weight is 723 g/mol. The Bertz CT molecular complexity index is 2240. The lowest BCUT2D eigenvalue weighted by atomic mass is 9.89. The highest BCUT2D eigenvalue weighted by Crippen LogP contribution is 2.42. The van der Waals surface area contributed by atoms with Crippen LogP contribution in [-0.2, 0) is 22.6 Å². The van der Waals surface area contributed by atoms with Crippen LogP contribution in [0.15, 0.2) is 132 Å². The zero-order valence-corrected chi connectivity index (χ0v) is 30.4. The van der Waals surface area contributed by atoms with Gasteiger partial charge in [-0.15, -0.1) is 0 Å². The van der Waals surface area contributed by atoms with Gasteiger partial charge in [-0.2, -0.15) is 0 Å². The van der Waals surface area contributed by atoms with E-state index in [2.05, 4.69) is 70.7 Å². The second-order valence-electron chi connectivity index (χ2n) is 14.5. The summed E-state index contributed by atoms with van der Waals surface area (Å²) < 4.78 is 15.5. The molecule has 9 nitrogen and oxygen atoms in total. The van der Waals surface area contributed by atoms with Gasteiger partial charge >= 0.3 is 5.69 Å². The van der Waals surface area contributed by atoms with Crippen molar-refractivity contribution < 1.29 is 19.4 Å². The van der Waals surface area contributed by atoms with Gasteiger partial charge in [0.2, 0.25) is 0 Å². The molecule has 8 rings (SSSR count). The maximum absolute atomic E-state index is 12.9. The van der Waals surface area contributed by atoms with Crippen LogP contribution in [0.2, 0.25) is 0 Å². The van der Waals surface area contributed by atoms with E-state index in [1.54, 1.807) is 0 Å². The van der Waals surface area contributed by atoms with E-state index in [0.29, 0.717) is 12.1 Å². The standard InChI is InChI=1S/C45H46N4O5/c1-30-41(28-48-24-22-38(23-25-48)49-40-13-6-5-12-39(40)47-45(49)52)53-44(54-42(30)34-16-14-31(29-50)15-17-34)36-20-18-33(19-21-36)37-11-7-8-32(26-37)27-46-43(51)35-9-3-2-4-10-35/h2-21,26,30,38,41-42,44,50H,22-25,27-29H2,1H3,(H,46,51)(H,47,52). The number of piperidine rings is 1. The Labute approximate surface area is 315 Å². The molecule has 6 aromatic rings. The molecule has 4 atom stereocenters. The lowest BCUT2D eigenvalue weighted by molar-refractivity contribution is -0.276. The molecule has 0 saturated carbocycles. The van der Waals surface area contributed by atoms with Gasteiger partial charge in [0.25, 0.3) is 5.91 Å². The van der Waals surface area contributed by atoms with E-state index in [-0.39, 0.29) is 42.4 Å². The van der Waals surface area contributed by atoms with Crippen LogP contribution in [-0.4, -0.2) is 51.2 Å². The summed E-state index contributed by atoms with van der Waals surface area (Å²) in [4.78, 5) is 31.0. The minimum absolute atomic E-state index is 0.00603. The minimum atomic E-state index is -0.565. The Morgan fingerprint density at radius 2 is 1.52 bits per heavy atom. The molecular formula is C45H46N4O5. The molecule has 2 saturated heterocycles. The number of carbonyl (C=O) groups is 1. The van der Waals surface area contributed by atoms with Crippen molar-refractivity contribution in [3.63, 3.8) is 0 Å². The molecule has 54 heavy (non-hydrogen) atoms. The molecule has 0 spiro atoms. The normalized spacial score (nSPS) is 20.9. The monoisotopic (exact) mass is 722 g/mol. The van der Waals surface area contributed by atoms with Crippen LogP contribution in [0.3, 0.4) is 0 Å². The first-order valence-electron chi connectivity index (χ1n) is 18.9. The van der Waals surface area contributed by atoms with Crippen molar-refractivity contribution >= 4 is 16.9 Å². The van der Waals surface area contributed by atoms with E-state index in [9.17, 15) is 14.7 Å². The van der Waals surface area contributed by atoms with Gasteiger partial charge in [0.05, 0.1) is 29.8 Å². The van der Waals surface area contributed by atoms with E-state index in [4.69, 9.17) is 9.47 Å². The number of para-hydroxylation sites is 2. The number of aromatic nitrogens is 2. The fourth-order valence-electron chi connectivity index (χ4n) is 7.95. The number of hydrogen-bond acceptors (Lipinski definition) is 6. The third-order valence-corrected chi connectivity index (χ3v) is 11.0. The fraction of sp³-hybridized carbons (Fsp3) is 0.289. The molecule has 2 fully saturated rings. The van der Waals surface area contributed by atoms with Crippen LogP contribution in [0.4, 0.5) is 0 Å². The van der Waals surface area contributed by atoms with E-state index in [1.807, 2.05) is 83.4 Å². The Kier molecular flexibility index (Phi) is 10.6. The van der Waals surface area contributed by atoms with Crippen molar-refractivity contribution in [2.45, 2.75) is 57.5 Å². The van der Waals surface area contributed by atoms with Crippen LogP contribution >= 0.6 is 0 Å². The fourth-order valence-corrected chi connectivity index (χ4v) is 7.95. The van der Waals surface area contributed by atoms with E-state index < -0.39 is 6.29 Å². The zero-order valence-electron chi connectivity index (χ0n) is 30.4. The number of likely N-dealkylation sites (tertiary alicyclic amines) is 1. The average Bonchev–Trinajstić information content (AvgIpc) is 3.57. The SMILES string of the molecule is CC1C(CN2CCC(n3c(=O)[nH]c4ccccc43)CC2)OC(c2ccc(-c3cccc(CNC(=O)c4ccccc4)c3)cc2)OC1c1ccc(CO)cc1. The number of benzene rings is 5. The second-order valence-corrected chi connectivity index (χ2v) is 14.5. The first kappa shape index (κ1) is 35.7. The molecule has 0 aliphatic carbocycles. The number of imidazole rings is 1. The lowest BCUT2D eigenvalue weighted by Gasteiger charge is -2.44. The van der Waals surface area contributed by atoms with Crippen LogP contribution in [0.5, 0.6) is 0 Å². The zero-order chi connectivity index (χ0) is 37.0. The maximum Gasteiger partial charge on any atom is 0.326 e. The molecular weight excluding hydrogens is 677 g/mol. The summed E-state index contributed by atoms with van der Waals surface area (Å²) in [5, 5.41) is 12.7. The summed E-state index contributed by atoms with van der Waals surface area (Å²) in [6, 6.07) is 41.9. The second kappa shape index (κ2) is 16.0. The van der Waals surface area contributed by atoms with Gasteiger partial charge < -0.3 is 29.8 Å². The largest absolute Gasteiger partial charge is 0.392 e. The number of ether oxygens (including phenoxy) is 2. The third kappa shape index (κ3) is 7.67. The Morgan fingerprint density at radius 1 is 0.796 bits per heavy atom. The summed E-state index contributed by atoms with van der Waals surface area (Å²) in [5.41, 5.74) is 8.44. The number of nitrogens with zero attached hydrogens (tertiary/aromatic N) is 2. The quantitative estimate of drug-likeness (QED) is 0.135. The molecule has 3 N–H and O–H groups in total. The smallest absolute Gasteiger partial charge is 0.326 e. The predicted molar refractivity (Wildman–Crippen MR) is 210 cm³/mol. The molecule has 1 amide bonds. The highest BCUT2D eigenvalue weighted by Gasteiger charge is 2.39. The van der Waals surface area contributed by atoms with E-state index in [1.165, 1.54) is 0 Å². The molecule has 0 bridgehead atoms. The number of aliphatic hydroxyl groups is 1. The molecule has 2 aliphatic rings. The lowest BCUT2D eigenvalue weighted by Crippen LogP contribution is -2.47. The van der Waals surface area contributed by atoms with Gasteiger partial charge in [-0.05, 0) is 71.0 Å². The highest BCUT2D eigenvalue weighted by molar-refractivity contribution is 5.94. The van der Waals surface area contributed by atoms with Crippen LogP contribution in [0, 0.1) is 5.92 Å². The van der Waals surface area contributed by atoms with Gasteiger partial charge in [-0.25, -0.2) is 4.79 Å². The number of aliphatic hydroxyl groups excluding tert-OH is 1. The van der Waals surface area contributed by atoms with Crippen molar-refractivity contribution in [2.24, 2.45) is 5.92 Å². The Morgan fingerprint density at radius 3 is 2.28 bits per heavy atom. The Hall–Kier alpha value is -5.32. The summed E-state index contributed by atoms with van der Waals surface area (Å²) in [6.45, 7) is 5.12. The van der Waals surface area contributed by atoms with Gasteiger partial charge in [-0.1, -0.05) is 104 Å². The summed E-state index contributed by atoms with van der Waals surface area (Å²) in [6.07, 6.45) is 0.908. The number of rotatable bonds is 10. The number of hydrogen-bond donors (Lipinski definition) is 3. The van der Waals surface area contributed by atoms with E-state index >= 15 is 0 Å². The number of aromatic amines is 1. The van der Waals surface area contributed by atoms with Crippen molar-refractivity contribution in [1.82, 2.24) is 19.8 Å². The maximum atomic E-state index is 12.9. The van der Waals surface area contributed by atoms with Crippen molar-refractivity contribution in [1.29, 1.82) is 0 Å². The van der Waals surface area contributed by atoms with Crippen molar-refractivity contribution in [2.75, 3.05) is 19.6 Å². The number of nitrogens with one attached hydrogen (secondary N) is 2.